The average molecular weight is 623 g/mol. The molecule has 7 aromatic rings. The molecule has 5 aromatic carbocycles. The molecule has 2 heteroatoms. The van der Waals surface area contributed by atoms with Gasteiger partial charge in [-0.2, -0.15) is 0 Å². The van der Waals surface area contributed by atoms with Crippen LogP contribution in [0.5, 0.6) is 0 Å². The summed E-state index contributed by atoms with van der Waals surface area (Å²) in [4.78, 5) is 10.3. The molecule has 0 fully saturated rings. The number of allylic oxidation sites excluding steroid dienone is 7. The number of para-hydroxylation sites is 2. The minimum absolute atomic E-state index is 0.566. The molecule has 49 heavy (non-hydrogen) atoms. The van der Waals surface area contributed by atoms with Gasteiger partial charge in [-0.05, 0) is 97.0 Å². The van der Waals surface area contributed by atoms with Crippen molar-refractivity contribution in [1.29, 1.82) is 0 Å². The van der Waals surface area contributed by atoms with Crippen LogP contribution in [0.3, 0.4) is 0 Å². The van der Waals surface area contributed by atoms with Gasteiger partial charge in [0.15, 0.2) is 0 Å². The zero-order valence-corrected chi connectivity index (χ0v) is 27.0. The molecule has 2 unspecified atom stereocenters. The smallest absolute Gasteiger partial charge is 0.0744 e. The summed E-state index contributed by atoms with van der Waals surface area (Å²) in [5, 5.41) is 2.37. The molecule has 228 valence electrons. The van der Waals surface area contributed by atoms with Crippen LogP contribution in [0.2, 0.25) is 0 Å². The molecule has 2 nitrogen and oxygen atoms in total. The van der Waals surface area contributed by atoms with E-state index in [1.165, 1.54) is 88.7 Å². The molecule has 2 spiro atoms. The Balaban J connectivity index is 1.39. The second-order valence-electron chi connectivity index (χ2n) is 13.5. The van der Waals surface area contributed by atoms with Gasteiger partial charge in [-0.1, -0.05) is 134 Å². The predicted octanol–water partition coefficient (Wildman–Crippen LogP) is 10.9. The van der Waals surface area contributed by atoms with Crippen LogP contribution in [0.25, 0.3) is 49.6 Å². The van der Waals surface area contributed by atoms with E-state index in [0.717, 1.165) is 11.0 Å². The summed E-state index contributed by atoms with van der Waals surface area (Å²) in [5.74, 6) is 0. The van der Waals surface area contributed by atoms with Gasteiger partial charge in [0.05, 0.1) is 21.9 Å². The first kappa shape index (κ1) is 26.9. The Morgan fingerprint density at radius 2 is 0.980 bits per heavy atom. The van der Waals surface area contributed by atoms with E-state index < -0.39 is 10.8 Å². The number of fused-ring (bicyclic) bond motifs is 19. The topological polar surface area (TPSA) is 25.8 Å². The molecule has 0 saturated heterocycles. The van der Waals surface area contributed by atoms with Crippen LogP contribution in [-0.4, -0.2) is 9.97 Å². The molecule has 0 bridgehead atoms. The molecule has 11 rings (SSSR count). The Morgan fingerprint density at radius 1 is 0.510 bits per heavy atom. The highest BCUT2D eigenvalue weighted by Gasteiger charge is 2.63. The van der Waals surface area contributed by atoms with Crippen molar-refractivity contribution in [3.8, 4) is 22.3 Å². The highest BCUT2D eigenvalue weighted by atomic mass is 14.7. The number of aromatic nitrogens is 2. The monoisotopic (exact) mass is 622 g/mol. The highest BCUT2D eigenvalue weighted by molar-refractivity contribution is 6.13. The van der Waals surface area contributed by atoms with Crippen molar-refractivity contribution < 1.29 is 0 Å². The quantitative estimate of drug-likeness (QED) is 0.192. The van der Waals surface area contributed by atoms with Gasteiger partial charge < -0.3 is 0 Å². The summed E-state index contributed by atoms with van der Waals surface area (Å²) in [6.07, 6.45) is 11.0. The zero-order valence-electron chi connectivity index (χ0n) is 27.0. The first-order valence-corrected chi connectivity index (χ1v) is 17.1. The second kappa shape index (κ2) is 9.27. The normalized spacial score (nSPS) is 20.8. The fraction of sp³-hybridized carbons (Fsp3) is 0.0638. The van der Waals surface area contributed by atoms with E-state index >= 15 is 0 Å². The van der Waals surface area contributed by atoms with E-state index in [-0.39, 0.29) is 0 Å². The van der Waals surface area contributed by atoms with Crippen LogP contribution in [0.15, 0.2) is 175 Å². The van der Waals surface area contributed by atoms with Gasteiger partial charge in [-0.3, -0.25) is 9.97 Å². The molecular formula is C47H30N2. The molecule has 2 heterocycles. The number of hydrogen-bond donors (Lipinski definition) is 0. The van der Waals surface area contributed by atoms with Crippen molar-refractivity contribution in [2.45, 2.75) is 17.8 Å². The van der Waals surface area contributed by atoms with Crippen molar-refractivity contribution in [3.63, 3.8) is 0 Å². The molecule has 2 aromatic heterocycles. The molecule has 0 amide bonds. The average Bonchev–Trinajstić information content (AvgIpc) is 3.83. The maximum Gasteiger partial charge on any atom is 0.0744 e. The van der Waals surface area contributed by atoms with Gasteiger partial charge in [0.2, 0.25) is 0 Å². The van der Waals surface area contributed by atoms with Crippen LogP contribution in [0, 0.1) is 0 Å². The largest absolute Gasteiger partial charge is 0.256 e. The van der Waals surface area contributed by atoms with Gasteiger partial charge in [-0.25, -0.2) is 0 Å². The second-order valence-corrected chi connectivity index (χ2v) is 13.5. The summed E-state index contributed by atoms with van der Waals surface area (Å²) in [6, 6.07) is 44.4. The van der Waals surface area contributed by atoms with E-state index in [4.69, 9.17) is 9.97 Å². The maximum absolute atomic E-state index is 5.16. The van der Waals surface area contributed by atoms with E-state index in [0.29, 0.717) is 0 Å². The lowest BCUT2D eigenvalue weighted by molar-refractivity contribution is 0.775. The van der Waals surface area contributed by atoms with Crippen molar-refractivity contribution >= 4 is 27.4 Å². The minimum atomic E-state index is -0.601. The SMILES string of the molecule is C=CC1=C(/C=C\C)C2=C(c3ccccc3C23c2ccccc2-c2c3cnc3ccccc23)C12c1ccccc1-c1c2cnc2ccccc12. The van der Waals surface area contributed by atoms with E-state index in [9.17, 15) is 0 Å². The van der Waals surface area contributed by atoms with Crippen LogP contribution in [-0.2, 0) is 10.8 Å². The molecule has 0 aliphatic heterocycles. The third-order valence-corrected chi connectivity index (χ3v) is 11.7. The van der Waals surface area contributed by atoms with Crippen molar-refractivity contribution in [3.05, 3.63) is 209 Å². The molecule has 4 aliphatic rings. The van der Waals surface area contributed by atoms with Crippen LogP contribution < -0.4 is 0 Å². The van der Waals surface area contributed by atoms with E-state index in [2.05, 4.69) is 165 Å². The van der Waals surface area contributed by atoms with E-state index in [1.807, 2.05) is 0 Å². The fourth-order valence-corrected chi connectivity index (χ4v) is 10.2. The first-order valence-electron chi connectivity index (χ1n) is 17.1. The molecule has 4 aliphatic carbocycles. The molecular weight excluding hydrogens is 593 g/mol. The predicted molar refractivity (Wildman–Crippen MR) is 200 cm³/mol. The van der Waals surface area contributed by atoms with Crippen molar-refractivity contribution in [1.82, 2.24) is 9.97 Å². The Morgan fingerprint density at radius 3 is 1.55 bits per heavy atom. The fourth-order valence-electron chi connectivity index (χ4n) is 10.2. The molecule has 0 radical (unpaired) electrons. The van der Waals surface area contributed by atoms with E-state index in [1.54, 1.807) is 0 Å². The molecule has 0 saturated carbocycles. The van der Waals surface area contributed by atoms with Crippen LogP contribution in [0.4, 0.5) is 0 Å². The lowest BCUT2D eigenvalue weighted by Crippen LogP contribution is -2.28. The third-order valence-electron chi connectivity index (χ3n) is 11.7. The highest BCUT2D eigenvalue weighted by Crippen LogP contribution is 2.74. The Bertz CT molecular complexity index is 2760. The lowest BCUT2D eigenvalue weighted by atomic mass is 9.66. The number of benzene rings is 5. The number of rotatable bonds is 2. The Kier molecular flexibility index (Phi) is 5.09. The Hall–Kier alpha value is -6.12. The standard InChI is InChI=1S/C47H30N2/c1-3-15-30-34(4-2)46(35-21-10-5-16-28(35)42-32-19-8-13-24-40(32)48-26-38(42)46)45-31-18-7-12-23-37(31)47(44(30)45)36-22-11-6-17-29(36)43-33-20-9-14-25-41(33)49-27-39(43)47/h3-27H,2H2,1H3/b15-3-. The summed E-state index contributed by atoms with van der Waals surface area (Å²) in [7, 11) is 0. The van der Waals surface area contributed by atoms with Crippen LogP contribution in [0.1, 0.15) is 40.3 Å². The third kappa shape index (κ3) is 2.89. The van der Waals surface area contributed by atoms with Gasteiger partial charge in [0, 0.05) is 23.2 Å². The summed E-state index contributed by atoms with van der Waals surface area (Å²) in [5.41, 5.74) is 18.7. The summed E-state index contributed by atoms with van der Waals surface area (Å²) in [6.45, 7) is 6.71. The summed E-state index contributed by atoms with van der Waals surface area (Å²) >= 11 is 0. The number of hydrogen-bond acceptors (Lipinski definition) is 2. The number of pyridine rings is 2. The molecule has 0 N–H and O–H groups in total. The Labute approximate surface area is 285 Å². The lowest BCUT2D eigenvalue weighted by Gasteiger charge is -2.34. The van der Waals surface area contributed by atoms with Gasteiger partial charge in [0.1, 0.15) is 0 Å². The van der Waals surface area contributed by atoms with Crippen molar-refractivity contribution in [2.75, 3.05) is 0 Å². The minimum Gasteiger partial charge on any atom is -0.256 e. The first-order chi connectivity index (χ1) is 24.3. The van der Waals surface area contributed by atoms with Crippen LogP contribution >= 0.6 is 0 Å². The summed E-state index contributed by atoms with van der Waals surface area (Å²) < 4.78 is 0. The zero-order chi connectivity index (χ0) is 32.5. The van der Waals surface area contributed by atoms with Gasteiger partial charge in [-0.15, -0.1) is 0 Å². The maximum atomic E-state index is 5.16. The van der Waals surface area contributed by atoms with Crippen molar-refractivity contribution in [2.24, 2.45) is 0 Å². The number of nitrogens with zero attached hydrogens (tertiary/aromatic N) is 2. The molecule has 2 atom stereocenters. The van der Waals surface area contributed by atoms with Gasteiger partial charge in [0.25, 0.3) is 0 Å². The van der Waals surface area contributed by atoms with Gasteiger partial charge >= 0.3 is 0 Å².